The van der Waals surface area contributed by atoms with Crippen molar-refractivity contribution < 1.29 is 9.84 Å². The maximum atomic E-state index is 9.71. The molecule has 4 heteroatoms. The zero-order valence-electron chi connectivity index (χ0n) is 9.52. The van der Waals surface area contributed by atoms with Gasteiger partial charge >= 0.3 is 0 Å². The van der Waals surface area contributed by atoms with Gasteiger partial charge in [0.25, 0.3) is 0 Å². The summed E-state index contributed by atoms with van der Waals surface area (Å²) in [4.78, 5) is 2.24. The lowest BCUT2D eigenvalue weighted by molar-refractivity contribution is 0.186. The summed E-state index contributed by atoms with van der Waals surface area (Å²) in [6.07, 6.45) is -0.592. The van der Waals surface area contributed by atoms with Gasteiger partial charge in [0.2, 0.25) is 0 Å². The highest BCUT2D eigenvalue weighted by atomic mass is 16.5. The zero-order valence-corrected chi connectivity index (χ0v) is 9.52. The van der Waals surface area contributed by atoms with Crippen molar-refractivity contribution >= 4 is 5.69 Å². The summed E-state index contributed by atoms with van der Waals surface area (Å²) in [6.45, 7) is 4.91. The molecule has 0 fully saturated rings. The Morgan fingerprint density at radius 3 is 3.06 bits per heavy atom. The molecule has 3 N–H and O–H groups in total. The first-order valence-corrected chi connectivity index (χ1v) is 5.66. The van der Waals surface area contributed by atoms with Crippen LogP contribution in [0.25, 0.3) is 0 Å². The van der Waals surface area contributed by atoms with Crippen molar-refractivity contribution in [2.24, 2.45) is 5.73 Å². The molecule has 4 nitrogen and oxygen atoms in total. The van der Waals surface area contributed by atoms with Gasteiger partial charge in [-0.3, -0.25) is 0 Å². The van der Waals surface area contributed by atoms with Gasteiger partial charge in [-0.15, -0.1) is 0 Å². The zero-order chi connectivity index (χ0) is 11.5. The van der Waals surface area contributed by atoms with Gasteiger partial charge in [-0.1, -0.05) is 6.07 Å². The second-order valence-electron chi connectivity index (χ2n) is 3.91. The molecule has 1 aliphatic rings. The molecule has 0 aromatic heterocycles. The number of rotatable bonds is 3. The Morgan fingerprint density at radius 1 is 1.56 bits per heavy atom. The highest BCUT2D eigenvalue weighted by Gasteiger charge is 2.18. The van der Waals surface area contributed by atoms with E-state index in [1.54, 1.807) is 0 Å². The quantitative estimate of drug-likeness (QED) is 0.797. The van der Waals surface area contributed by atoms with E-state index in [0.717, 1.165) is 36.7 Å². The van der Waals surface area contributed by atoms with Crippen molar-refractivity contribution in [1.29, 1.82) is 0 Å². The van der Waals surface area contributed by atoms with Gasteiger partial charge in [-0.25, -0.2) is 0 Å². The van der Waals surface area contributed by atoms with Crippen molar-refractivity contribution in [1.82, 2.24) is 0 Å². The number of benzene rings is 1. The molecule has 0 spiro atoms. The molecule has 1 unspecified atom stereocenters. The molecule has 88 valence electrons. The molecule has 0 saturated carbocycles. The fourth-order valence-corrected chi connectivity index (χ4v) is 1.96. The number of nitrogens with zero attached hydrogens (tertiary/aromatic N) is 1. The summed E-state index contributed by atoms with van der Waals surface area (Å²) in [5, 5.41) is 9.71. The third-order valence-corrected chi connectivity index (χ3v) is 2.93. The number of hydrogen-bond acceptors (Lipinski definition) is 4. The molecule has 0 saturated heterocycles. The van der Waals surface area contributed by atoms with Crippen LogP contribution in [-0.2, 0) is 0 Å². The van der Waals surface area contributed by atoms with Crippen LogP contribution in [0.15, 0.2) is 18.2 Å². The van der Waals surface area contributed by atoms with E-state index in [0.29, 0.717) is 0 Å². The minimum atomic E-state index is -0.592. The van der Waals surface area contributed by atoms with Gasteiger partial charge in [-0.2, -0.15) is 0 Å². The predicted molar refractivity (Wildman–Crippen MR) is 63.8 cm³/mol. The Hall–Kier alpha value is -1.26. The summed E-state index contributed by atoms with van der Waals surface area (Å²) in [5.41, 5.74) is 7.36. The monoisotopic (exact) mass is 222 g/mol. The second kappa shape index (κ2) is 4.72. The van der Waals surface area contributed by atoms with Gasteiger partial charge in [0.15, 0.2) is 0 Å². The molecule has 0 aliphatic carbocycles. The molecular weight excluding hydrogens is 204 g/mol. The van der Waals surface area contributed by atoms with Crippen LogP contribution in [0.3, 0.4) is 0 Å². The first-order chi connectivity index (χ1) is 7.76. The van der Waals surface area contributed by atoms with Crippen molar-refractivity contribution in [2.75, 3.05) is 31.1 Å². The van der Waals surface area contributed by atoms with Crippen LogP contribution in [0, 0.1) is 0 Å². The number of fused-ring (bicyclic) bond motifs is 1. The standard InChI is InChI=1S/C12H18N2O2/c1-2-14-5-6-16-12-4-3-9(7-10(12)14)11(15)8-13/h3-4,7,11,15H,2,5-6,8,13H2,1H3. The van der Waals surface area contributed by atoms with Crippen molar-refractivity contribution in [3.8, 4) is 5.75 Å². The van der Waals surface area contributed by atoms with E-state index in [9.17, 15) is 5.11 Å². The maximum absolute atomic E-state index is 9.71. The molecule has 1 aliphatic heterocycles. The lowest BCUT2D eigenvalue weighted by Crippen LogP contribution is -2.32. The number of aliphatic hydroxyl groups excluding tert-OH is 1. The lowest BCUT2D eigenvalue weighted by atomic mass is 10.1. The fourth-order valence-electron chi connectivity index (χ4n) is 1.96. The Morgan fingerprint density at radius 2 is 2.38 bits per heavy atom. The van der Waals surface area contributed by atoms with E-state index in [1.165, 1.54) is 0 Å². The smallest absolute Gasteiger partial charge is 0.142 e. The number of anilines is 1. The molecule has 2 rings (SSSR count). The third kappa shape index (κ3) is 1.99. The number of ether oxygens (including phenoxy) is 1. The summed E-state index contributed by atoms with van der Waals surface area (Å²) >= 11 is 0. The van der Waals surface area contributed by atoms with Crippen molar-refractivity contribution in [3.63, 3.8) is 0 Å². The number of likely N-dealkylation sites (N-methyl/N-ethyl adjacent to an activating group) is 1. The van der Waals surface area contributed by atoms with Gasteiger partial charge in [0.1, 0.15) is 12.4 Å². The van der Waals surface area contributed by atoms with E-state index in [4.69, 9.17) is 10.5 Å². The van der Waals surface area contributed by atoms with Gasteiger partial charge in [0, 0.05) is 13.1 Å². The summed E-state index contributed by atoms with van der Waals surface area (Å²) < 4.78 is 5.57. The molecule has 0 bridgehead atoms. The third-order valence-electron chi connectivity index (χ3n) is 2.93. The topological polar surface area (TPSA) is 58.7 Å². The van der Waals surface area contributed by atoms with E-state index in [1.807, 2.05) is 18.2 Å². The maximum Gasteiger partial charge on any atom is 0.142 e. The predicted octanol–water partition coefficient (Wildman–Crippen LogP) is 0.897. The normalized spacial score (nSPS) is 16.6. The van der Waals surface area contributed by atoms with Crippen molar-refractivity contribution in [2.45, 2.75) is 13.0 Å². The Balaban J connectivity index is 2.34. The molecule has 0 radical (unpaired) electrons. The second-order valence-corrected chi connectivity index (χ2v) is 3.91. The number of aliphatic hydroxyl groups is 1. The van der Waals surface area contributed by atoms with Gasteiger partial charge in [0.05, 0.1) is 18.3 Å². The van der Waals surface area contributed by atoms with Crippen LogP contribution < -0.4 is 15.4 Å². The van der Waals surface area contributed by atoms with Crippen LogP contribution in [-0.4, -0.2) is 31.3 Å². The molecule has 16 heavy (non-hydrogen) atoms. The minimum Gasteiger partial charge on any atom is -0.490 e. The Bertz CT molecular complexity index is 368. The molecule has 1 aromatic rings. The van der Waals surface area contributed by atoms with E-state index < -0.39 is 6.10 Å². The first-order valence-electron chi connectivity index (χ1n) is 5.66. The molecule has 0 amide bonds. The minimum absolute atomic E-state index is 0.242. The molecular formula is C12H18N2O2. The number of nitrogens with two attached hydrogens (primary N) is 1. The average molecular weight is 222 g/mol. The Labute approximate surface area is 95.6 Å². The van der Waals surface area contributed by atoms with Crippen LogP contribution in [0.5, 0.6) is 5.75 Å². The average Bonchev–Trinajstić information content (AvgIpc) is 2.36. The summed E-state index contributed by atoms with van der Waals surface area (Å²) in [7, 11) is 0. The lowest BCUT2D eigenvalue weighted by Gasteiger charge is -2.31. The van der Waals surface area contributed by atoms with Crippen LogP contribution in [0.2, 0.25) is 0 Å². The number of hydrogen-bond donors (Lipinski definition) is 2. The van der Waals surface area contributed by atoms with Crippen molar-refractivity contribution in [3.05, 3.63) is 23.8 Å². The highest BCUT2D eigenvalue weighted by molar-refractivity contribution is 5.61. The summed E-state index contributed by atoms with van der Waals surface area (Å²) in [6, 6.07) is 5.75. The van der Waals surface area contributed by atoms with Crippen LogP contribution in [0.4, 0.5) is 5.69 Å². The van der Waals surface area contributed by atoms with E-state index >= 15 is 0 Å². The SMILES string of the molecule is CCN1CCOc2ccc(C(O)CN)cc21. The highest BCUT2D eigenvalue weighted by Crippen LogP contribution is 2.33. The fraction of sp³-hybridized carbons (Fsp3) is 0.500. The van der Waals surface area contributed by atoms with Crippen LogP contribution >= 0.6 is 0 Å². The Kier molecular flexibility index (Phi) is 3.31. The van der Waals surface area contributed by atoms with Gasteiger partial charge in [-0.05, 0) is 24.6 Å². The summed E-state index contributed by atoms with van der Waals surface area (Å²) in [5.74, 6) is 0.890. The van der Waals surface area contributed by atoms with E-state index in [-0.39, 0.29) is 6.54 Å². The largest absolute Gasteiger partial charge is 0.490 e. The van der Waals surface area contributed by atoms with E-state index in [2.05, 4.69) is 11.8 Å². The van der Waals surface area contributed by atoms with Crippen LogP contribution in [0.1, 0.15) is 18.6 Å². The molecule has 1 heterocycles. The molecule has 1 aromatic carbocycles. The molecule has 1 atom stereocenters. The van der Waals surface area contributed by atoms with Gasteiger partial charge < -0.3 is 20.5 Å². The first kappa shape index (κ1) is 11.2.